The number of para-hydroxylation sites is 3. The second-order valence-electron chi connectivity index (χ2n) is 32.4. The average molecular weight is 2360 g/mol. The number of hydrogen-bond acceptors (Lipinski definition) is 12. The summed E-state index contributed by atoms with van der Waals surface area (Å²) in [5.41, 5.74) is 32.8. The van der Waals surface area contributed by atoms with Gasteiger partial charge in [0.25, 0.3) is 0 Å². The summed E-state index contributed by atoms with van der Waals surface area (Å²) in [6.45, 7) is 18.1. The summed E-state index contributed by atoms with van der Waals surface area (Å²) in [5.74, 6) is 0. The molecule has 0 bridgehead atoms. The summed E-state index contributed by atoms with van der Waals surface area (Å²) < 4.78 is 17.7. The van der Waals surface area contributed by atoms with Gasteiger partial charge in [0.15, 0.2) is 0 Å². The van der Waals surface area contributed by atoms with Gasteiger partial charge in [-0.2, -0.15) is 0 Å². The normalized spacial score (nSPS) is 10.3. The number of aryl methyl sites for hydroxylation is 9. The third-order valence-electron chi connectivity index (χ3n) is 21.7. The molecule has 690 valence electrons. The Hall–Kier alpha value is -15.7. The first-order valence-electron chi connectivity index (χ1n) is 45.3. The van der Waals surface area contributed by atoms with Crippen LogP contribution in [0.5, 0.6) is 0 Å². The van der Waals surface area contributed by atoms with Crippen molar-refractivity contribution in [2.75, 3.05) is 0 Å². The molecule has 12 aromatic carbocycles. The number of nitrogens with zero attached hydrogens (tertiary/aromatic N) is 9. The van der Waals surface area contributed by atoms with Crippen molar-refractivity contribution in [3.8, 4) is 101 Å². The molecule has 0 amide bonds. The molecule has 0 spiro atoms. The van der Waals surface area contributed by atoms with Crippen molar-refractivity contribution in [3.05, 3.63) is 524 Å². The van der Waals surface area contributed by atoms with E-state index in [1.165, 1.54) is 0 Å². The maximum absolute atomic E-state index is 6.00. The van der Waals surface area contributed by atoms with E-state index in [1.807, 2.05) is 439 Å². The van der Waals surface area contributed by atoms with E-state index in [4.69, 9.17) is 13.3 Å². The molecule has 15 heteroatoms. The molecule has 0 saturated heterocycles. The van der Waals surface area contributed by atoms with Crippen LogP contribution < -0.4 is 0 Å². The van der Waals surface area contributed by atoms with E-state index in [-0.39, 0.29) is 60.3 Å². The Kier molecular flexibility index (Phi) is 37.6. The second kappa shape index (κ2) is 51.7. The second-order valence-corrected chi connectivity index (χ2v) is 32.4. The predicted octanol–water partition coefficient (Wildman–Crippen LogP) is 31.4. The van der Waals surface area contributed by atoms with Crippen LogP contribution in [0.1, 0.15) is 50.9 Å². The Labute approximate surface area is 865 Å². The van der Waals surface area contributed by atoms with Gasteiger partial charge in [0, 0.05) is 63.5 Å². The molecule has 0 saturated carbocycles. The van der Waals surface area contributed by atoms with E-state index < -0.39 is 0 Å². The zero-order valence-corrected chi connectivity index (χ0v) is 86.3. The molecule has 24 aromatic rings. The largest absolute Gasteiger partial charge is 3.00 e. The Morgan fingerprint density at radius 1 is 0.184 bits per heavy atom. The molecule has 0 aliphatic rings. The molecule has 0 N–H and O–H groups in total. The third kappa shape index (κ3) is 28.5. The van der Waals surface area contributed by atoms with Crippen LogP contribution in [0.3, 0.4) is 0 Å². The zero-order valence-electron chi connectivity index (χ0n) is 79.1. The summed E-state index contributed by atoms with van der Waals surface area (Å²) in [4.78, 5) is 39.8. The van der Waals surface area contributed by atoms with Crippen LogP contribution >= 0.6 is 0 Å². The summed E-state index contributed by atoms with van der Waals surface area (Å²) in [7, 11) is 0. The maximum Gasteiger partial charge on any atom is 3.00 e. The molecule has 12 nitrogen and oxygen atoms in total. The fraction of sp³-hybridized carbons (Fsp3) is 0.0714. The van der Waals surface area contributed by atoms with E-state index >= 15 is 0 Å². The first-order chi connectivity index (χ1) is 67.6. The fourth-order valence-electron chi connectivity index (χ4n) is 14.9. The zero-order chi connectivity index (χ0) is 95.2. The van der Waals surface area contributed by atoms with Gasteiger partial charge >= 0.3 is 60.3 Å². The molecule has 0 atom stereocenters. The molecule has 12 aromatic heterocycles. The first kappa shape index (κ1) is 103. The van der Waals surface area contributed by atoms with Gasteiger partial charge < -0.3 is 58.1 Å². The number of hydrogen-bond donors (Lipinski definition) is 0. The van der Waals surface area contributed by atoms with Gasteiger partial charge in [0.05, 0.1) is 16.7 Å². The average Bonchev–Trinajstić information content (AvgIpc) is 1.63. The van der Waals surface area contributed by atoms with E-state index in [1.54, 1.807) is 0 Å². The SMILES string of the molecule is Cc1ccc(-c2[c-]cc3c(c2)oc2ccccc23)nc1.Cc1ccc(-c2[c-]cc3oc4ccccc4c3c2)nc1.Cc1ccc(-c2[c-]ccc3c2oc2ccccc23)nc1.Cc1cccc(-c2[c-]cccc2)n1.Cc1cccc(-c2[c-]cccc2)n1.Cc1cccc(-c2[c-]cccc2)n1.Cc1cccc(-c2[c-]cccc2)n1.Cc1cccc(-c2[c-]cccc2)n1.Cc1cccc(-c2[c-]cccc2)n1.[Ir+3].[Ir+3].[Ir+3]. The summed E-state index contributed by atoms with van der Waals surface area (Å²) >= 11 is 0. The van der Waals surface area contributed by atoms with Crippen LogP contribution in [0.25, 0.3) is 167 Å². The molecular formula is C126H96Ir3N9O3. The minimum absolute atomic E-state index is 0. The van der Waals surface area contributed by atoms with Crippen molar-refractivity contribution in [1.29, 1.82) is 0 Å². The minimum Gasteiger partial charge on any atom is -0.501 e. The van der Waals surface area contributed by atoms with Gasteiger partial charge in [0.2, 0.25) is 0 Å². The number of benzene rings is 12. The standard InChI is InChI=1S/3C18H12NO.6C12H10N.3Ir/c1-12-9-10-16(19-11-12)15-7-4-6-14-13-5-2-3-8-17(13)20-18(14)15;1-12-6-9-16(19-11-12)13-7-8-15-14-4-2-3-5-17(14)20-18(15)10-13;1-12-6-8-16(19-11-12)13-7-9-18-15(10-13)14-4-2-3-5-17(14)20-18;6*1-10-6-5-9-12(13-10)11-7-3-2-4-8-11;;;/h3*2-6,8-11H,1H3;6*2-7,9H,1H3;;;/q9*-1;3*+3. The van der Waals surface area contributed by atoms with Crippen LogP contribution in [0.2, 0.25) is 0 Å². The molecule has 0 fully saturated rings. The van der Waals surface area contributed by atoms with Crippen molar-refractivity contribution in [2.45, 2.75) is 62.3 Å². The minimum atomic E-state index is 0. The quantitative estimate of drug-likeness (QED) is 0.126. The van der Waals surface area contributed by atoms with Gasteiger partial charge in [-0.3, -0.25) is 0 Å². The Balaban J connectivity index is 0.000000134. The van der Waals surface area contributed by atoms with Gasteiger partial charge in [-0.25, -0.2) is 0 Å². The van der Waals surface area contributed by atoms with Gasteiger partial charge in [-0.05, 0) is 190 Å². The van der Waals surface area contributed by atoms with Crippen molar-refractivity contribution in [3.63, 3.8) is 0 Å². The first-order valence-corrected chi connectivity index (χ1v) is 45.3. The van der Waals surface area contributed by atoms with Gasteiger partial charge in [-0.15, -0.1) is 275 Å². The van der Waals surface area contributed by atoms with Crippen LogP contribution in [0.4, 0.5) is 0 Å². The molecule has 141 heavy (non-hydrogen) atoms. The number of aromatic nitrogens is 9. The van der Waals surface area contributed by atoms with E-state index in [9.17, 15) is 0 Å². The van der Waals surface area contributed by atoms with Crippen LogP contribution in [-0.2, 0) is 60.3 Å². The number of pyridine rings is 9. The summed E-state index contributed by atoms with van der Waals surface area (Å²) in [6.07, 6.45) is 5.61. The van der Waals surface area contributed by atoms with E-state index in [0.717, 1.165) is 218 Å². The van der Waals surface area contributed by atoms with Crippen molar-refractivity contribution in [1.82, 2.24) is 44.9 Å². The number of rotatable bonds is 9. The number of fused-ring (bicyclic) bond motifs is 9. The van der Waals surface area contributed by atoms with Gasteiger partial charge in [-0.1, -0.05) is 192 Å². The molecule has 0 aliphatic heterocycles. The van der Waals surface area contributed by atoms with Crippen molar-refractivity contribution < 1.29 is 73.6 Å². The third-order valence-corrected chi connectivity index (χ3v) is 21.7. The van der Waals surface area contributed by atoms with Crippen molar-refractivity contribution in [2.24, 2.45) is 0 Å². The smallest absolute Gasteiger partial charge is 0.501 e. The summed E-state index contributed by atoms with van der Waals surface area (Å²) in [5, 5.41) is 6.70. The topological polar surface area (TPSA) is 155 Å². The molecule has 24 rings (SSSR count). The van der Waals surface area contributed by atoms with Crippen LogP contribution in [0.15, 0.2) is 432 Å². The van der Waals surface area contributed by atoms with E-state index in [0.29, 0.717) is 0 Å². The molecular weight excluding hydrogens is 2260 g/mol. The molecule has 0 aliphatic carbocycles. The summed E-state index contributed by atoms with van der Waals surface area (Å²) in [6, 6.07) is 160. The Bertz CT molecular complexity index is 7390. The van der Waals surface area contributed by atoms with Gasteiger partial charge in [0.1, 0.15) is 16.7 Å². The number of furan rings is 3. The monoisotopic (exact) mass is 2360 g/mol. The molecule has 0 radical (unpaired) electrons. The molecule has 0 unspecified atom stereocenters. The predicted molar refractivity (Wildman–Crippen MR) is 561 cm³/mol. The van der Waals surface area contributed by atoms with Crippen molar-refractivity contribution >= 4 is 65.8 Å². The fourth-order valence-corrected chi connectivity index (χ4v) is 14.9. The van der Waals surface area contributed by atoms with E-state index in [2.05, 4.69) is 142 Å². The van der Waals surface area contributed by atoms with Crippen LogP contribution in [-0.4, -0.2) is 44.9 Å². The van der Waals surface area contributed by atoms with Crippen LogP contribution in [0, 0.1) is 117 Å². The maximum atomic E-state index is 6.00. The Morgan fingerprint density at radius 3 is 0.794 bits per heavy atom. The molecule has 12 heterocycles. The Morgan fingerprint density at radius 2 is 0.475 bits per heavy atom.